The molecule has 16 heavy (non-hydrogen) atoms. The summed E-state index contributed by atoms with van der Waals surface area (Å²) in [6.45, 7) is 2.77. The van der Waals surface area contributed by atoms with E-state index in [1.54, 1.807) is 0 Å². The van der Waals surface area contributed by atoms with Gasteiger partial charge in [0.25, 0.3) is 5.92 Å². The van der Waals surface area contributed by atoms with E-state index in [-0.39, 0.29) is 5.75 Å². The number of rotatable bonds is 4. The molecule has 0 aromatic rings. The fourth-order valence-corrected chi connectivity index (χ4v) is 2.70. The van der Waals surface area contributed by atoms with Gasteiger partial charge in [0, 0.05) is 18.2 Å². The lowest BCUT2D eigenvalue weighted by atomic mass is 10.3. The van der Waals surface area contributed by atoms with Gasteiger partial charge in [-0.15, -0.1) is 0 Å². The van der Waals surface area contributed by atoms with Crippen molar-refractivity contribution in [1.82, 2.24) is 5.32 Å². The molecule has 0 aliphatic heterocycles. The van der Waals surface area contributed by atoms with Crippen LogP contribution in [0.4, 0.5) is 8.78 Å². The van der Waals surface area contributed by atoms with Crippen LogP contribution in [0.5, 0.6) is 0 Å². The quantitative estimate of drug-likeness (QED) is 0.792. The molecule has 0 bridgehead atoms. The Morgan fingerprint density at radius 3 is 2.25 bits per heavy atom. The molecule has 4 nitrogen and oxygen atoms in total. The van der Waals surface area contributed by atoms with Gasteiger partial charge < -0.3 is 5.32 Å². The van der Waals surface area contributed by atoms with Crippen LogP contribution in [-0.4, -0.2) is 38.3 Å². The Bertz CT molecular complexity index is 394. The first-order valence-electron chi connectivity index (χ1n) is 4.91. The highest BCUT2D eigenvalue weighted by molar-refractivity contribution is 7.90. The smallest absolute Gasteiger partial charge is 0.263 e. The lowest BCUT2D eigenvalue weighted by molar-refractivity contribution is -0.124. The highest BCUT2D eigenvalue weighted by atomic mass is 32.2. The molecule has 0 aromatic heterocycles. The SMILES string of the molecule is CC(CS(C)(=O)=O)NC(=O)C1C(C)C1(F)F. The number of alkyl halides is 2. The molecular weight excluding hydrogens is 240 g/mol. The Morgan fingerprint density at radius 2 is 1.94 bits per heavy atom. The molecule has 1 amide bonds. The van der Waals surface area contributed by atoms with E-state index < -0.39 is 39.5 Å². The van der Waals surface area contributed by atoms with Gasteiger partial charge >= 0.3 is 0 Å². The van der Waals surface area contributed by atoms with Crippen molar-refractivity contribution in [3.05, 3.63) is 0 Å². The van der Waals surface area contributed by atoms with Crippen LogP contribution >= 0.6 is 0 Å². The van der Waals surface area contributed by atoms with Gasteiger partial charge in [0.05, 0.1) is 5.75 Å². The largest absolute Gasteiger partial charge is 0.352 e. The van der Waals surface area contributed by atoms with Gasteiger partial charge in [0.15, 0.2) is 0 Å². The number of nitrogens with one attached hydrogen (secondary N) is 1. The zero-order valence-corrected chi connectivity index (χ0v) is 10.1. The van der Waals surface area contributed by atoms with Gasteiger partial charge in [0.2, 0.25) is 5.91 Å². The van der Waals surface area contributed by atoms with Crippen LogP contribution < -0.4 is 5.32 Å². The maximum absolute atomic E-state index is 12.8. The van der Waals surface area contributed by atoms with Crippen LogP contribution in [0.25, 0.3) is 0 Å². The Balaban J connectivity index is 2.48. The summed E-state index contributed by atoms with van der Waals surface area (Å²) in [7, 11) is -3.22. The summed E-state index contributed by atoms with van der Waals surface area (Å²) in [4.78, 5) is 11.3. The molecule has 1 aliphatic carbocycles. The van der Waals surface area contributed by atoms with E-state index in [2.05, 4.69) is 5.32 Å². The van der Waals surface area contributed by atoms with Gasteiger partial charge in [-0.3, -0.25) is 4.79 Å². The molecule has 0 spiro atoms. The first-order valence-corrected chi connectivity index (χ1v) is 6.97. The second kappa shape index (κ2) is 3.94. The van der Waals surface area contributed by atoms with E-state index >= 15 is 0 Å². The number of sulfone groups is 1. The van der Waals surface area contributed by atoms with Crippen LogP contribution in [-0.2, 0) is 14.6 Å². The summed E-state index contributed by atoms with van der Waals surface area (Å²) in [6.07, 6.45) is 1.03. The molecule has 0 heterocycles. The van der Waals surface area contributed by atoms with Gasteiger partial charge in [-0.25, -0.2) is 17.2 Å². The molecule has 0 radical (unpaired) electrons. The van der Waals surface area contributed by atoms with E-state index in [0.29, 0.717) is 0 Å². The summed E-state index contributed by atoms with van der Waals surface area (Å²) in [5, 5.41) is 2.29. The molecule has 0 saturated heterocycles. The number of carbonyl (C=O) groups excluding carboxylic acids is 1. The molecule has 0 aromatic carbocycles. The minimum Gasteiger partial charge on any atom is -0.352 e. The minimum absolute atomic E-state index is 0.245. The molecule has 3 atom stereocenters. The lowest BCUT2D eigenvalue weighted by Gasteiger charge is -2.12. The Kier molecular flexibility index (Phi) is 3.29. The standard InChI is InChI=1S/C9H15F2NO3S/c1-5(4-16(3,14)15)12-8(13)7-6(2)9(7,10)11/h5-7H,4H2,1-3H3,(H,12,13). The molecule has 1 aliphatic rings. The molecule has 1 rings (SSSR count). The third-order valence-electron chi connectivity index (χ3n) is 2.64. The van der Waals surface area contributed by atoms with Crippen molar-refractivity contribution < 1.29 is 22.0 Å². The van der Waals surface area contributed by atoms with Crippen molar-refractivity contribution >= 4 is 15.7 Å². The van der Waals surface area contributed by atoms with Crippen molar-refractivity contribution in [2.24, 2.45) is 11.8 Å². The topological polar surface area (TPSA) is 63.2 Å². The number of amides is 1. The van der Waals surface area contributed by atoms with E-state index in [1.807, 2.05) is 0 Å². The molecule has 1 saturated carbocycles. The summed E-state index contributed by atoms with van der Waals surface area (Å²) in [5.41, 5.74) is 0. The summed E-state index contributed by atoms with van der Waals surface area (Å²) in [5.74, 6) is -6.23. The van der Waals surface area contributed by atoms with Crippen molar-refractivity contribution in [3.63, 3.8) is 0 Å². The second-order valence-electron chi connectivity index (χ2n) is 4.44. The number of carbonyl (C=O) groups is 1. The maximum Gasteiger partial charge on any atom is 0.263 e. The normalized spacial score (nSPS) is 29.6. The molecule has 94 valence electrons. The average molecular weight is 255 g/mol. The molecule has 1 N–H and O–H groups in total. The van der Waals surface area contributed by atoms with Crippen molar-refractivity contribution in [3.8, 4) is 0 Å². The Morgan fingerprint density at radius 1 is 1.50 bits per heavy atom. The minimum atomic E-state index is -3.22. The second-order valence-corrected chi connectivity index (χ2v) is 6.63. The maximum atomic E-state index is 12.8. The predicted molar refractivity (Wildman–Crippen MR) is 54.9 cm³/mol. The number of hydrogen-bond donors (Lipinski definition) is 1. The Hall–Kier alpha value is -0.720. The third kappa shape index (κ3) is 2.90. The molecular formula is C9H15F2NO3S. The van der Waals surface area contributed by atoms with Crippen molar-refractivity contribution in [2.75, 3.05) is 12.0 Å². The third-order valence-corrected chi connectivity index (χ3v) is 3.74. The van der Waals surface area contributed by atoms with Crippen molar-refractivity contribution in [1.29, 1.82) is 0 Å². The van der Waals surface area contributed by atoms with Crippen LogP contribution in [0.1, 0.15) is 13.8 Å². The fourth-order valence-electron chi connectivity index (χ4n) is 1.71. The number of hydrogen-bond acceptors (Lipinski definition) is 3. The van der Waals surface area contributed by atoms with Gasteiger partial charge in [-0.05, 0) is 6.92 Å². The van der Waals surface area contributed by atoms with Crippen LogP contribution in [0, 0.1) is 11.8 Å². The molecule has 3 unspecified atom stereocenters. The van der Waals surface area contributed by atoms with E-state index in [4.69, 9.17) is 0 Å². The highest BCUT2D eigenvalue weighted by Crippen LogP contribution is 2.54. The van der Waals surface area contributed by atoms with Crippen molar-refractivity contribution in [2.45, 2.75) is 25.8 Å². The van der Waals surface area contributed by atoms with Crippen LogP contribution in [0.2, 0.25) is 0 Å². The van der Waals surface area contributed by atoms with Gasteiger partial charge in [-0.1, -0.05) is 6.92 Å². The first kappa shape index (κ1) is 13.3. The summed E-state index contributed by atoms with van der Waals surface area (Å²) in [6, 6.07) is -0.647. The van der Waals surface area contributed by atoms with E-state index in [9.17, 15) is 22.0 Å². The zero-order chi connectivity index (χ0) is 12.7. The molecule has 1 fully saturated rings. The van der Waals surface area contributed by atoms with Gasteiger partial charge in [0.1, 0.15) is 15.8 Å². The summed E-state index contributed by atoms with van der Waals surface area (Å²) >= 11 is 0. The van der Waals surface area contributed by atoms with Crippen LogP contribution in [0.3, 0.4) is 0 Å². The highest BCUT2D eigenvalue weighted by Gasteiger charge is 2.69. The first-order chi connectivity index (χ1) is 7.05. The van der Waals surface area contributed by atoms with E-state index in [1.165, 1.54) is 13.8 Å². The monoisotopic (exact) mass is 255 g/mol. The van der Waals surface area contributed by atoms with Crippen LogP contribution in [0.15, 0.2) is 0 Å². The van der Waals surface area contributed by atoms with E-state index in [0.717, 1.165) is 6.26 Å². The average Bonchev–Trinajstić information content (AvgIpc) is 2.46. The lowest BCUT2D eigenvalue weighted by Crippen LogP contribution is -2.39. The molecule has 7 heteroatoms. The van der Waals surface area contributed by atoms with Gasteiger partial charge in [-0.2, -0.15) is 0 Å². The zero-order valence-electron chi connectivity index (χ0n) is 9.33. The number of halogens is 2. The fraction of sp³-hybridized carbons (Fsp3) is 0.889. The predicted octanol–water partition coefficient (Wildman–Crippen LogP) is 0.437. The summed E-state index contributed by atoms with van der Waals surface area (Å²) < 4.78 is 47.5. The Labute approximate surface area is 93.3 Å².